The van der Waals surface area contributed by atoms with Crippen molar-refractivity contribution in [1.29, 1.82) is 5.26 Å². The van der Waals surface area contributed by atoms with Crippen LogP contribution >= 0.6 is 34.8 Å². The molecule has 19 heavy (non-hydrogen) atoms. The Labute approximate surface area is 126 Å². The quantitative estimate of drug-likeness (QED) is 0.790. The first-order valence-corrected chi connectivity index (χ1v) is 6.50. The smallest absolute Gasteiger partial charge is 0.121 e. The Balaban J connectivity index is 2.10. The van der Waals surface area contributed by atoms with Gasteiger partial charge in [-0.15, -0.1) is 0 Å². The maximum absolute atomic E-state index is 8.77. The Morgan fingerprint density at radius 3 is 2.42 bits per heavy atom. The first-order valence-electron chi connectivity index (χ1n) is 5.36. The minimum atomic E-state index is 0.304. The highest BCUT2D eigenvalue weighted by Crippen LogP contribution is 2.25. The number of hydrogen-bond acceptors (Lipinski definition) is 2. The van der Waals surface area contributed by atoms with Crippen molar-refractivity contribution in [3.8, 4) is 11.8 Å². The van der Waals surface area contributed by atoms with Gasteiger partial charge in [0.2, 0.25) is 0 Å². The zero-order valence-corrected chi connectivity index (χ0v) is 11.9. The Morgan fingerprint density at radius 1 is 1.00 bits per heavy atom. The first-order chi connectivity index (χ1) is 9.10. The highest BCUT2D eigenvalue weighted by molar-refractivity contribution is 6.35. The van der Waals surface area contributed by atoms with E-state index in [-0.39, 0.29) is 0 Å². The van der Waals surface area contributed by atoms with Gasteiger partial charge < -0.3 is 4.74 Å². The van der Waals surface area contributed by atoms with Crippen molar-refractivity contribution in [3.05, 3.63) is 62.6 Å². The van der Waals surface area contributed by atoms with E-state index in [1.54, 1.807) is 36.4 Å². The molecule has 0 N–H and O–H groups in total. The van der Waals surface area contributed by atoms with Gasteiger partial charge in [-0.2, -0.15) is 5.26 Å². The van der Waals surface area contributed by atoms with E-state index in [0.29, 0.717) is 33.0 Å². The largest absolute Gasteiger partial charge is 0.489 e. The van der Waals surface area contributed by atoms with Gasteiger partial charge in [-0.3, -0.25) is 0 Å². The summed E-state index contributed by atoms with van der Waals surface area (Å²) in [5, 5.41) is 10.3. The number of rotatable bonds is 3. The van der Waals surface area contributed by atoms with Gasteiger partial charge in [0.25, 0.3) is 0 Å². The second-order valence-electron chi connectivity index (χ2n) is 3.78. The zero-order valence-electron chi connectivity index (χ0n) is 9.66. The van der Waals surface area contributed by atoms with Crippen LogP contribution in [0.25, 0.3) is 0 Å². The maximum Gasteiger partial charge on any atom is 0.121 e. The molecule has 0 amide bonds. The highest BCUT2D eigenvalue weighted by atomic mass is 35.5. The third kappa shape index (κ3) is 3.54. The fourth-order valence-corrected chi connectivity index (χ4v) is 2.15. The third-order valence-electron chi connectivity index (χ3n) is 2.47. The Bertz CT molecular complexity index is 650. The van der Waals surface area contributed by atoms with Crippen LogP contribution in [0.2, 0.25) is 15.1 Å². The lowest BCUT2D eigenvalue weighted by atomic mass is 10.2. The van der Waals surface area contributed by atoms with Gasteiger partial charge in [0.1, 0.15) is 18.4 Å². The summed E-state index contributed by atoms with van der Waals surface area (Å²) in [4.78, 5) is 0. The predicted octanol–water partition coefficient (Wildman–Crippen LogP) is 5.10. The van der Waals surface area contributed by atoms with Crippen molar-refractivity contribution in [2.45, 2.75) is 6.61 Å². The van der Waals surface area contributed by atoms with Crippen LogP contribution in [-0.4, -0.2) is 0 Å². The molecule has 96 valence electrons. The lowest BCUT2D eigenvalue weighted by molar-refractivity contribution is 0.306. The number of nitriles is 1. The average Bonchev–Trinajstić information content (AvgIpc) is 2.38. The molecule has 0 aromatic heterocycles. The molecule has 0 saturated heterocycles. The minimum Gasteiger partial charge on any atom is -0.489 e. The van der Waals surface area contributed by atoms with Crippen molar-refractivity contribution in [1.82, 2.24) is 0 Å². The standard InChI is InChI=1S/C14H8Cl3NO/c15-11-3-1-10(13(16)5-11)8-19-12-4-2-9(7-18)14(17)6-12/h1-6H,8H2. The SMILES string of the molecule is N#Cc1ccc(OCc2ccc(Cl)cc2Cl)cc1Cl. The van der Waals surface area contributed by atoms with Crippen LogP contribution in [0.15, 0.2) is 36.4 Å². The Kier molecular flexibility index (Phi) is 4.55. The number of halogens is 3. The molecule has 2 nitrogen and oxygen atoms in total. The topological polar surface area (TPSA) is 33.0 Å². The normalized spacial score (nSPS) is 10.0. The molecule has 0 aliphatic rings. The van der Waals surface area contributed by atoms with Crippen LogP contribution in [0.1, 0.15) is 11.1 Å². The van der Waals surface area contributed by atoms with Crippen LogP contribution in [-0.2, 0) is 6.61 Å². The number of nitrogens with zero attached hydrogens (tertiary/aromatic N) is 1. The van der Waals surface area contributed by atoms with Crippen LogP contribution < -0.4 is 4.74 Å². The molecule has 0 spiro atoms. The fourth-order valence-electron chi connectivity index (χ4n) is 1.48. The Hall–Kier alpha value is -1.40. The molecule has 2 aromatic carbocycles. The minimum absolute atomic E-state index is 0.304. The van der Waals surface area contributed by atoms with Crippen molar-refractivity contribution in [2.24, 2.45) is 0 Å². The highest BCUT2D eigenvalue weighted by Gasteiger charge is 2.05. The summed E-state index contributed by atoms with van der Waals surface area (Å²) in [5.41, 5.74) is 1.24. The van der Waals surface area contributed by atoms with Crippen LogP contribution in [0.3, 0.4) is 0 Å². The third-order valence-corrected chi connectivity index (χ3v) is 3.37. The van der Waals surface area contributed by atoms with Crippen molar-refractivity contribution >= 4 is 34.8 Å². The fraction of sp³-hybridized carbons (Fsp3) is 0.0714. The van der Waals surface area contributed by atoms with Crippen LogP contribution in [0, 0.1) is 11.3 Å². The summed E-state index contributed by atoms with van der Waals surface area (Å²) in [5.74, 6) is 0.579. The van der Waals surface area contributed by atoms with Gasteiger partial charge in [-0.05, 0) is 24.3 Å². The second kappa shape index (κ2) is 6.16. The van der Waals surface area contributed by atoms with Crippen molar-refractivity contribution in [2.75, 3.05) is 0 Å². The number of benzene rings is 2. The van der Waals surface area contributed by atoms with Gasteiger partial charge >= 0.3 is 0 Å². The van der Waals surface area contributed by atoms with E-state index in [0.717, 1.165) is 5.56 Å². The second-order valence-corrected chi connectivity index (χ2v) is 5.03. The van der Waals surface area contributed by atoms with Gasteiger partial charge in [0, 0.05) is 21.7 Å². The lowest BCUT2D eigenvalue weighted by Crippen LogP contribution is -1.96. The molecule has 2 aromatic rings. The summed E-state index contributed by atoms with van der Waals surface area (Å²) >= 11 is 17.8. The molecule has 0 aliphatic carbocycles. The molecular weight excluding hydrogens is 305 g/mol. The van der Waals surface area contributed by atoms with E-state index in [2.05, 4.69) is 0 Å². The molecule has 0 fully saturated rings. The monoisotopic (exact) mass is 311 g/mol. The molecule has 0 radical (unpaired) electrons. The summed E-state index contributed by atoms with van der Waals surface area (Å²) in [6.45, 7) is 0.304. The molecule has 0 bridgehead atoms. The molecule has 0 aliphatic heterocycles. The van der Waals surface area contributed by atoms with E-state index in [1.807, 2.05) is 6.07 Å². The zero-order chi connectivity index (χ0) is 13.8. The molecule has 0 heterocycles. The molecule has 0 atom stereocenters. The summed E-state index contributed by atoms with van der Waals surface area (Å²) in [7, 11) is 0. The van der Waals surface area contributed by atoms with E-state index < -0.39 is 0 Å². The average molecular weight is 313 g/mol. The van der Waals surface area contributed by atoms with Gasteiger partial charge in [0.05, 0.1) is 10.6 Å². The molecule has 0 unspecified atom stereocenters. The molecular formula is C14H8Cl3NO. The van der Waals surface area contributed by atoms with E-state index in [4.69, 9.17) is 44.8 Å². The van der Waals surface area contributed by atoms with E-state index in [1.165, 1.54) is 0 Å². The van der Waals surface area contributed by atoms with Crippen LogP contribution in [0.4, 0.5) is 0 Å². The summed E-state index contributed by atoms with van der Waals surface area (Å²) in [6, 6.07) is 12.1. The van der Waals surface area contributed by atoms with E-state index in [9.17, 15) is 0 Å². The number of ether oxygens (including phenoxy) is 1. The van der Waals surface area contributed by atoms with E-state index >= 15 is 0 Å². The predicted molar refractivity (Wildman–Crippen MR) is 77.0 cm³/mol. The van der Waals surface area contributed by atoms with Crippen molar-refractivity contribution in [3.63, 3.8) is 0 Å². The van der Waals surface area contributed by atoms with Gasteiger partial charge in [-0.1, -0.05) is 40.9 Å². The van der Waals surface area contributed by atoms with Gasteiger partial charge in [0.15, 0.2) is 0 Å². The molecule has 5 heteroatoms. The number of hydrogen-bond donors (Lipinski definition) is 0. The summed E-state index contributed by atoms with van der Waals surface area (Å²) < 4.78 is 5.57. The molecule has 0 saturated carbocycles. The van der Waals surface area contributed by atoms with Crippen LogP contribution in [0.5, 0.6) is 5.75 Å². The first kappa shape index (κ1) is 14.0. The maximum atomic E-state index is 8.77. The molecule has 2 rings (SSSR count). The van der Waals surface area contributed by atoms with Gasteiger partial charge in [-0.25, -0.2) is 0 Å². The van der Waals surface area contributed by atoms with Crippen molar-refractivity contribution < 1.29 is 4.74 Å². The summed E-state index contributed by atoms with van der Waals surface area (Å²) in [6.07, 6.45) is 0. The lowest BCUT2D eigenvalue weighted by Gasteiger charge is -2.08. The Morgan fingerprint density at radius 2 is 1.79 bits per heavy atom.